The molecule has 0 radical (unpaired) electrons. The van der Waals surface area contributed by atoms with E-state index in [1.807, 2.05) is 6.20 Å². The van der Waals surface area contributed by atoms with Crippen LogP contribution >= 0.6 is 15.9 Å². The number of aromatic amines is 1. The van der Waals surface area contributed by atoms with Crippen LogP contribution in [0.25, 0.3) is 0 Å². The highest BCUT2D eigenvalue weighted by molar-refractivity contribution is 9.10. The number of likely N-dealkylation sites (N-methyl/N-ethyl adjacent to an activating group) is 1. The Kier molecular flexibility index (Phi) is 4.41. The van der Waals surface area contributed by atoms with E-state index in [2.05, 4.69) is 26.0 Å². The molecular formula is C12H14BrN5O3. The van der Waals surface area contributed by atoms with E-state index in [1.54, 1.807) is 25.0 Å². The van der Waals surface area contributed by atoms with Gasteiger partial charge in [-0.05, 0) is 15.9 Å². The lowest BCUT2D eigenvalue weighted by Crippen LogP contribution is -2.36. The van der Waals surface area contributed by atoms with Gasteiger partial charge in [-0.2, -0.15) is 5.10 Å². The van der Waals surface area contributed by atoms with Gasteiger partial charge in [0.25, 0.3) is 5.56 Å². The molecule has 2 aromatic rings. The average Bonchev–Trinajstić information content (AvgIpc) is 2.81. The monoisotopic (exact) mass is 355 g/mol. The minimum absolute atomic E-state index is 0.148. The van der Waals surface area contributed by atoms with Crippen molar-refractivity contribution in [1.29, 1.82) is 0 Å². The number of nitrogens with zero attached hydrogens (tertiary/aromatic N) is 4. The van der Waals surface area contributed by atoms with Gasteiger partial charge in [-0.15, -0.1) is 0 Å². The Labute approximate surface area is 128 Å². The number of halogens is 1. The highest BCUT2D eigenvalue weighted by Gasteiger charge is 2.12. The fourth-order valence-corrected chi connectivity index (χ4v) is 2.13. The minimum atomic E-state index is -0.619. The summed E-state index contributed by atoms with van der Waals surface area (Å²) in [4.78, 5) is 38.6. The highest BCUT2D eigenvalue weighted by Crippen LogP contribution is 2.03. The third kappa shape index (κ3) is 3.69. The second-order valence-corrected chi connectivity index (χ2v) is 5.49. The molecule has 0 aliphatic rings. The molecule has 0 aromatic carbocycles. The molecule has 0 fully saturated rings. The van der Waals surface area contributed by atoms with Gasteiger partial charge in [0.05, 0.1) is 10.7 Å². The van der Waals surface area contributed by atoms with Crippen LogP contribution in [0.3, 0.4) is 0 Å². The van der Waals surface area contributed by atoms with E-state index in [-0.39, 0.29) is 16.9 Å². The summed E-state index contributed by atoms with van der Waals surface area (Å²) in [6, 6.07) is 0. The van der Waals surface area contributed by atoms with Crippen LogP contribution in [0, 0.1) is 0 Å². The van der Waals surface area contributed by atoms with Crippen molar-refractivity contribution in [2.24, 2.45) is 7.05 Å². The predicted molar refractivity (Wildman–Crippen MR) is 78.7 cm³/mol. The zero-order valence-corrected chi connectivity index (χ0v) is 13.1. The van der Waals surface area contributed by atoms with Crippen LogP contribution in [0.4, 0.5) is 0 Å². The molecule has 0 aliphatic heterocycles. The number of hydrogen-bond donors (Lipinski definition) is 1. The maximum atomic E-state index is 12.1. The molecule has 2 rings (SSSR count). The molecule has 0 bridgehead atoms. The lowest BCUT2D eigenvalue weighted by Gasteiger charge is -2.16. The van der Waals surface area contributed by atoms with Gasteiger partial charge in [0.1, 0.15) is 6.54 Å². The number of amides is 1. The lowest BCUT2D eigenvalue weighted by atomic mass is 10.3. The molecule has 9 heteroatoms. The van der Waals surface area contributed by atoms with Crippen LogP contribution in [-0.2, 0) is 24.9 Å². The van der Waals surface area contributed by atoms with E-state index < -0.39 is 11.2 Å². The number of aromatic nitrogens is 4. The summed E-state index contributed by atoms with van der Waals surface area (Å²) < 4.78 is 3.00. The molecule has 2 aromatic heterocycles. The number of nitrogens with one attached hydrogen (secondary N) is 1. The van der Waals surface area contributed by atoms with Crippen molar-refractivity contribution in [3.05, 3.63) is 49.5 Å². The van der Waals surface area contributed by atoms with E-state index in [0.29, 0.717) is 6.54 Å². The fraction of sp³-hybridized carbons (Fsp3) is 0.333. The first-order valence-corrected chi connectivity index (χ1v) is 6.87. The molecule has 0 aliphatic carbocycles. The SMILES string of the molecule is CN(Cc1cnn(C)c1)C(=O)Cn1cc(Br)c(=O)[nH]c1=O. The molecule has 112 valence electrons. The second-order valence-electron chi connectivity index (χ2n) is 4.64. The molecule has 0 spiro atoms. The Morgan fingerprint density at radius 3 is 2.76 bits per heavy atom. The minimum Gasteiger partial charge on any atom is -0.340 e. The van der Waals surface area contributed by atoms with E-state index >= 15 is 0 Å². The molecule has 8 nitrogen and oxygen atoms in total. The van der Waals surface area contributed by atoms with Crippen molar-refractivity contribution in [3.8, 4) is 0 Å². The molecule has 1 N–H and O–H groups in total. The standard InChI is InChI=1S/C12H14BrN5O3/c1-16(4-8-3-14-17(2)5-8)10(19)7-18-6-9(13)11(20)15-12(18)21/h3,5-6H,4,7H2,1-2H3,(H,15,20,21). The summed E-state index contributed by atoms with van der Waals surface area (Å²) in [6.45, 7) is 0.247. The topological polar surface area (TPSA) is 93.0 Å². The average molecular weight is 356 g/mol. The summed E-state index contributed by atoms with van der Waals surface area (Å²) in [6.07, 6.45) is 4.79. The van der Waals surface area contributed by atoms with Gasteiger partial charge in [-0.3, -0.25) is 23.8 Å². The van der Waals surface area contributed by atoms with Gasteiger partial charge in [0.2, 0.25) is 5.91 Å². The van der Waals surface area contributed by atoms with Crippen molar-refractivity contribution in [3.63, 3.8) is 0 Å². The maximum Gasteiger partial charge on any atom is 0.328 e. The molecule has 0 unspecified atom stereocenters. The van der Waals surface area contributed by atoms with Gasteiger partial charge in [0, 0.05) is 38.6 Å². The third-order valence-electron chi connectivity index (χ3n) is 2.88. The molecule has 0 saturated carbocycles. The van der Waals surface area contributed by atoms with Crippen molar-refractivity contribution < 1.29 is 4.79 Å². The Bertz CT molecular complexity index is 776. The first-order valence-electron chi connectivity index (χ1n) is 6.07. The molecular weight excluding hydrogens is 342 g/mol. The number of aryl methyl sites for hydroxylation is 1. The molecule has 2 heterocycles. The lowest BCUT2D eigenvalue weighted by molar-refractivity contribution is -0.131. The molecule has 0 saturated heterocycles. The summed E-state index contributed by atoms with van der Waals surface area (Å²) >= 11 is 3.02. The Morgan fingerprint density at radius 1 is 1.43 bits per heavy atom. The first-order chi connectivity index (χ1) is 9.86. The van der Waals surface area contributed by atoms with Crippen LogP contribution in [0.1, 0.15) is 5.56 Å². The summed E-state index contributed by atoms with van der Waals surface area (Å²) in [5.74, 6) is -0.250. The van der Waals surface area contributed by atoms with E-state index in [4.69, 9.17) is 0 Å². The first kappa shape index (κ1) is 15.2. The second kappa shape index (κ2) is 6.08. The van der Waals surface area contributed by atoms with Crippen LogP contribution < -0.4 is 11.2 Å². The number of carbonyl (C=O) groups excluding carboxylic acids is 1. The van der Waals surface area contributed by atoms with Crippen molar-refractivity contribution in [2.75, 3.05) is 7.05 Å². The van der Waals surface area contributed by atoms with Crippen LogP contribution in [-0.4, -0.2) is 37.2 Å². The fourth-order valence-electron chi connectivity index (χ4n) is 1.78. The normalized spacial score (nSPS) is 10.6. The molecule has 1 amide bonds. The van der Waals surface area contributed by atoms with E-state index in [1.165, 1.54) is 11.1 Å². The van der Waals surface area contributed by atoms with E-state index in [9.17, 15) is 14.4 Å². The third-order valence-corrected chi connectivity index (χ3v) is 3.44. The van der Waals surface area contributed by atoms with Crippen molar-refractivity contribution in [1.82, 2.24) is 24.2 Å². The largest absolute Gasteiger partial charge is 0.340 e. The summed E-state index contributed by atoms with van der Waals surface area (Å²) in [7, 11) is 3.43. The summed E-state index contributed by atoms with van der Waals surface area (Å²) in [5.41, 5.74) is -0.248. The van der Waals surface area contributed by atoms with Crippen molar-refractivity contribution in [2.45, 2.75) is 13.1 Å². The van der Waals surface area contributed by atoms with Gasteiger partial charge in [-0.1, -0.05) is 0 Å². The highest BCUT2D eigenvalue weighted by atomic mass is 79.9. The smallest absolute Gasteiger partial charge is 0.328 e. The number of carbonyl (C=O) groups is 1. The molecule has 0 atom stereocenters. The molecule has 21 heavy (non-hydrogen) atoms. The van der Waals surface area contributed by atoms with Crippen LogP contribution in [0.5, 0.6) is 0 Å². The predicted octanol–water partition coefficient (Wildman–Crippen LogP) is -0.309. The van der Waals surface area contributed by atoms with E-state index in [0.717, 1.165) is 10.1 Å². The Hall–Kier alpha value is -2.16. The van der Waals surface area contributed by atoms with Crippen molar-refractivity contribution >= 4 is 21.8 Å². The van der Waals surface area contributed by atoms with Gasteiger partial charge in [-0.25, -0.2) is 4.79 Å². The summed E-state index contributed by atoms with van der Waals surface area (Å²) in [5, 5.41) is 4.03. The number of rotatable bonds is 4. The Balaban J connectivity index is 2.09. The zero-order chi connectivity index (χ0) is 15.6. The van der Waals surface area contributed by atoms with Gasteiger partial charge in [0.15, 0.2) is 0 Å². The van der Waals surface area contributed by atoms with Crippen LogP contribution in [0.15, 0.2) is 32.7 Å². The zero-order valence-electron chi connectivity index (χ0n) is 11.5. The quantitative estimate of drug-likeness (QED) is 0.814. The number of H-pyrrole nitrogens is 1. The number of hydrogen-bond acceptors (Lipinski definition) is 4. The van der Waals surface area contributed by atoms with Gasteiger partial charge < -0.3 is 4.90 Å². The maximum absolute atomic E-state index is 12.1. The Morgan fingerprint density at radius 2 is 2.14 bits per heavy atom. The van der Waals surface area contributed by atoms with Crippen LogP contribution in [0.2, 0.25) is 0 Å². The van der Waals surface area contributed by atoms with Gasteiger partial charge >= 0.3 is 5.69 Å².